The van der Waals surface area contributed by atoms with E-state index in [2.05, 4.69) is 29.6 Å². The van der Waals surface area contributed by atoms with Gasteiger partial charge in [0.15, 0.2) is 0 Å². The highest BCUT2D eigenvalue weighted by atomic mass is 32.2. The van der Waals surface area contributed by atoms with Crippen LogP contribution in [0, 0.1) is 5.92 Å². The second-order valence-electron chi connectivity index (χ2n) is 9.03. The van der Waals surface area contributed by atoms with Gasteiger partial charge in [0.05, 0.1) is 0 Å². The average Bonchev–Trinajstić information content (AvgIpc) is 2.89. The van der Waals surface area contributed by atoms with Crippen molar-refractivity contribution in [2.24, 2.45) is 5.92 Å². The first-order valence-electron chi connectivity index (χ1n) is 12.1. The third-order valence-electron chi connectivity index (χ3n) is 6.60. The van der Waals surface area contributed by atoms with E-state index in [0.29, 0.717) is 25.9 Å². The van der Waals surface area contributed by atoms with Gasteiger partial charge in [0, 0.05) is 36.4 Å². The number of piperidine rings is 1. The van der Waals surface area contributed by atoms with Crippen LogP contribution in [0.1, 0.15) is 42.4 Å². The lowest BCUT2D eigenvalue weighted by Gasteiger charge is -2.32. The number of nitrogens with zero attached hydrogens (tertiary/aromatic N) is 1. The quantitative estimate of drug-likeness (QED) is 0.483. The highest BCUT2D eigenvalue weighted by molar-refractivity contribution is 7.92. The SMILES string of the molecule is CC(NC(=O)C1CCN(S(=O)(=O)/C=C/c2ccccc2)CC1)C(c1ccccc1)c1ccccc1. The summed E-state index contributed by atoms with van der Waals surface area (Å²) in [6.45, 7) is 2.72. The molecule has 1 aliphatic heterocycles. The number of benzene rings is 3. The third-order valence-corrected chi connectivity index (χ3v) is 8.17. The smallest absolute Gasteiger partial charge is 0.236 e. The second-order valence-corrected chi connectivity index (χ2v) is 10.8. The Kier molecular flexibility index (Phi) is 8.16. The summed E-state index contributed by atoms with van der Waals surface area (Å²) in [5, 5.41) is 4.49. The molecule has 4 rings (SSSR count). The van der Waals surface area contributed by atoms with Gasteiger partial charge in [-0.3, -0.25) is 4.79 Å². The van der Waals surface area contributed by atoms with Gasteiger partial charge in [0.2, 0.25) is 15.9 Å². The van der Waals surface area contributed by atoms with Gasteiger partial charge in [-0.1, -0.05) is 91.0 Å². The van der Waals surface area contributed by atoms with Crippen LogP contribution >= 0.6 is 0 Å². The molecule has 0 bridgehead atoms. The first-order chi connectivity index (χ1) is 16.9. The Labute approximate surface area is 208 Å². The first kappa shape index (κ1) is 24.9. The fraction of sp³-hybridized carbons (Fsp3) is 0.276. The van der Waals surface area contributed by atoms with E-state index in [1.807, 2.05) is 73.7 Å². The zero-order valence-electron chi connectivity index (χ0n) is 20.0. The summed E-state index contributed by atoms with van der Waals surface area (Å²) in [6, 6.07) is 29.7. The van der Waals surface area contributed by atoms with Crippen molar-refractivity contribution in [1.82, 2.24) is 9.62 Å². The minimum absolute atomic E-state index is 0.00811. The van der Waals surface area contributed by atoms with Crippen LogP contribution in [-0.2, 0) is 14.8 Å². The lowest BCUT2D eigenvalue weighted by atomic mass is 9.85. The van der Waals surface area contributed by atoms with Crippen LogP contribution in [0.4, 0.5) is 0 Å². The van der Waals surface area contributed by atoms with E-state index in [1.54, 1.807) is 6.08 Å². The van der Waals surface area contributed by atoms with Crippen molar-refractivity contribution in [3.05, 3.63) is 113 Å². The fourth-order valence-electron chi connectivity index (χ4n) is 4.70. The summed E-state index contributed by atoms with van der Waals surface area (Å²) < 4.78 is 27.0. The lowest BCUT2D eigenvalue weighted by Crippen LogP contribution is -2.45. The maximum absolute atomic E-state index is 13.1. The molecule has 0 aromatic heterocycles. The topological polar surface area (TPSA) is 66.5 Å². The van der Waals surface area contributed by atoms with Gasteiger partial charge < -0.3 is 5.32 Å². The van der Waals surface area contributed by atoms with Crippen molar-refractivity contribution in [3.63, 3.8) is 0 Å². The molecule has 1 aliphatic rings. The molecule has 1 atom stereocenters. The van der Waals surface area contributed by atoms with E-state index in [4.69, 9.17) is 0 Å². The Morgan fingerprint density at radius 1 is 0.857 bits per heavy atom. The summed E-state index contributed by atoms with van der Waals surface area (Å²) in [5.41, 5.74) is 3.14. The molecule has 182 valence electrons. The van der Waals surface area contributed by atoms with Crippen molar-refractivity contribution in [2.45, 2.75) is 31.7 Å². The molecular formula is C29H32N2O3S. The molecule has 1 N–H and O–H groups in total. The summed E-state index contributed by atoms with van der Waals surface area (Å²) in [5.74, 6) is -0.176. The lowest BCUT2D eigenvalue weighted by molar-refractivity contribution is -0.126. The third kappa shape index (κ3) is 6.47. The minimum atomic E-state index is -3.52. The number of amides is 1. The normalized spacial score (nSPS) is 16.4. The van der Waals surface area contributed by atoms with Crippen molar-refractivity contribution >= 4 is 22.0 Å². The molecule has 3 aromatic carbocycles. The fourth-order valence-corrected chi connectivity index (χ4v) is 5.92. The molecule has 0 aliphatic carbocycles. The van der Waals surface area contributed by atoms with Gasteiger partial charge in [0.25, 0.3) is 0 Å². The molecule has 1 amide bonds. The standard InChI is InChI=1S/C29H32N2O3S/c1-23(28(25-13-7-3-8-14-25)26-15-9-4-10-16-26)30-29(32)27-17-20-31(21-18-27)35(33,34)22-19-24-11-5-2-6-12-24/h2-16,19,22-23,27-28H,17-18,20-21H2,1H3,(H,30,32)/b22-19+. The monoisotopic (exact) mass is 488 g/mol. The van der Waals surface area contributed by atoms with Gasteiger partial charge in [-0.25, -0.2) is 8.42 Å². The molecular weight excluding hydrogens is 456 g/mol. The number of carbonyl (C=O) groups is 1. The summed E-state index contributed by atoms with van der Waals surface area (Å²) in [7, 11) is -3.52. The van der Waals surface area contributed by atoms with Gasteiger partial charge >= 0.3 is 0 Å². The molecule has 0 radical (unpaired) electrons. The van der Waals surface area contributed by atoms with Crippen LogP contribution in [0.3, 0.4) is 0 Å². The van der Waals surface area contributed by atoms with E-state index in [1.165, 1.54) is 9.71 Å². The zero-order valence-corrected chi connectivity index (χ0v) is 20.8. The second kappa shape index (κ2) is 11.5. The first-order valence-corrected chi connectivity index (χ1v) is 13.6. The number of rotatable bonds is 8. The Morgan fingerprint density at radius 3 is 1.86 bits per heavy atom. The van der Waals surface area contributed by atoms with Gasteiger partial charge in [-0.15, -0.1) is 0 Å². The number of hydrogen-bond donors (Lipinski definition) is 1. The summed E-state index contributed by atoms with van der Waals surface area (Å²) >= 11 is 0. The van der Waals surface area contributed by atoms with Crippen LogP contribution in [0.5, 0.6) is 0 Å². The van der Waals surface area contributed by atoms with Crippen LogP contribution in [-0.4, -0.2) is 37.8 Å². The van der Waals surface area contributed by atoms with Gasteiger partial charge in [-0.05, 0) is 42.5 Å². The van der Waals surface area contributed by atoms with Crippen LogP contribution < -0.4 is 5.32 Å². The van der Waals surface area contributed by atoms with Crippen molar-refractivity contribution in [1.29, 1.82) is 0 Å². The largest absolute Gasteiger partial charge is 0.352 e. The Hall–Kier alpha value is -3.22. The van der Waals surface area contributed by atoms with E-state index in [0.717, 1.165) is 16.7 Å². The molecule has 5 nitrogen and oxygen atoms in total. The molecule has 35 heavy (non-hydrogen) atoms. The Morgan fingerprint density at radius 2 is 1.34 bits per heavy atom. The summed E-state index contributed by atoms with van der Waals surface area (Å²) in [4.78, 5) is 13.1. The predicted octanol–water partition coefficient (Wildman–Crippen LogP) is 5.04. The predicted molar refractivity (Wildman–Crippen MR) is 141 cm³/mol. The van der Waals surface area contributed by atoms with E-state index in [9.17, 15) is 13.2 Å². The van der Waals surface area contributed by atoms with E-state index < -0.39 is 10.0 Å². The molecule has 1 saturated heterocycles. The minimum Gasteiger partial charge on any atom is -0.352 e. The number of hydrogen-bond acceptors (Lipinski definition) is 3. The van der Waals surface area contributed by atoms with Crippen molar-refractivity contribution in [3.8, 4) is 0 Å². The average molecular weight is 489 g/mol. The molecule has 0 spiro atoms. The molecule has 0 saturated carbocycles. The van der Waals surface area contributed by atoms with E-state index in [-0.39, 0.29) is 23.8 Å². The summed E-state index contributed by atoms with van der Waals surface area (Å²) in [6.07, 6.45) is 2.64. The maximum Gasteiger partial charge on any atom is 0.236 e. The highest BCUT2D eigenvalue weighted by Crippen LogP contribution is 2.29. The molecule has 1 heterocycles. The van der Waals surface area contributed by atoms with Crippen LogP contribution in [0.15, 0.2) is 96.4 Å². The molecule has 6 heteroatoms. The Balaban J connectivity index is 1.38. The van der Waals surface area contributed by atoms with Crippen molar-refractivity contribution in [2.75, 3.05) is 13.1 Å². The maximum atomic E-state index is 13.1. The van der Waals surface area contributed by atoms with Crippen molar-refractivity contribution < 1.29 is 13.2 Å². The van der Waals surface area contributed by atoms with Gasteiger partial charge in [-0.2, -0.15) is 4.31 Å². The number of nitrogens with one attached hydrogen (secondary N) is 1. The number of sulfonamides is 1. The number of carbonyl (C=O) groups excluding carboxylic acids is 1. The highest BCUT2D eigenvalue weighted by Gasteiger charge is 2.31. The Bertz CT molecular complexity index is 1180. The van der Waals surface area contributed by atoms with Crippen LogP contribution in [0.25, 0.3) is 6.08 Å². The molecule has 3 aromatic rings. The van der Waals surface area contributed by atoms with E-state index >= 15 is 0 Å². The van der Waals surface area contributed by atoms with Crippen LogP contribution in [0.2, 0.25) is 0 Å². The zero-order chi connectivity index (χ0) is 24.7. The molecule has 1 fully saturated rings. The van der Waals surface area contributed by atoms with Gasteiger partial charge in [0.1, 0.15) is 0 Å². The molecule has 1 unspecified atom stereocenters.